The molecule has 1 aromatic heterocycles. The zero-order valence-electron chi connectivity index (χ0n) is 14.2. The van der Waals surface area contributed by atoms with Gasteiger partial charge in [-0.15, -0.1) is 6.58 Å². The Morgan fingerprint density at radius 3 is 2.73 bits per heavy atom. The second-order valence-corrected chi connectivity index (χ2v) is 6.61. The molecule has 0 spiro atoms. The van der Waals surface area contributed by atoms with Crippen LogP contribution in [-0.4, -0.2) is 23.2 Å². The van der Waals surface area contributed by atoms with Crippen LogP contribution in [0.1, 0.15) is 5.56 Å². The minimum absolute atomic E-state index is 0.150. The van der Waals surface area contributed by atoms with E-state index >= 15 is 0 Å². The molecule has 0 aliphatic carbocycles. The van der Waals surface area contributed by atoms with Crippen LogP contribution in [0.5, 0.6) is 0 Å². The number of aromatic nitrogens is 1. The molecule has 0 bridgehead atoms. The van der Waals surface area contributed by atoms with Crippen LogP contribution >= 0.6 is 15.9 Å². The molecular formula is C20H19BrN4O. The molecule has 6 heteroatoms. The summed E-state index contributed by atoms with van der Waals surface area (Å²) >= 11 is 3.38. The largest absolute Gasteiger partial charge is 0.376 e. The first kappa shape index (κ1) is 17.9. The molecule has 3 rings (SSSR count). The van der Waals surface area contributed by atoms with Gasteiger partial charge in [0.25, 0.3) is 5.91 Å². The minimum atomic E-state index is -0.209. The number of hydrogen-bond acceptors (Lipinski definition) is 3. The van der Waals surface area contributed by atoms with Gasteiger partial charge >= 0.3 is 0 Å². The quantitative estimate of drug-likeness (QED) is 0.349. The van der Waals surface area contributed by atoms with Crippen LogP contribution < -0.4 is 10.7 Å². The number of rotatable bonds is 7. The van der Waals surface area contributed by atoms with E-state index in [4.69, 9.17) is 0 Å². The fourth-order valence-electron chi connectivity index (χ4n) is 2.63. The lowest BCUT2D eigenvalue weighted by molar-refractivity contribution is -0.119. The van der Waals surface area contributed by atoms with Gasteiger partial charge in [0, 0.05) is 39.4 Å². The summed E-state index contributed by atoms with van der Waals surface area (Å²) in [6.45, 7) is 4.66. The summed E-state index contributed by atoms with van der Waals surface area (Å²) in [6, 6.07) is 15.7. The van der Waals surface area contributed by atoms with Gasteiger partial charge in [0.1, 0.15) is 0 Å². The molecule has 0 aliphatic heterocycles. The third kappa shape index (κ3) is 4.40. The Kier molecular flexibility index (Phi) is 5.86. The third-order valence-electron chi connectivity index (χ3n) is 3.84. The number of hydrazone groups is 1. The van der Waals surface area contributed by atoms with Crippen molar-refractivity contribution in [3.63, 3.8) is 0 Å². The molecule has 0 saturated heterocycles. The van der Waals surface area contributed by atoms with Gasteiger partial charge in [-0.2, -0.15) is 5.10 Å². The van der Waals surface area contributed by atoms with Crippen molar-refractivity contribution in [1.82, 2.24) is 9.99 Å². The Bertz CT molecular complexity index is 944. The lowest BCUT2D eigenvalue weighted by Crippen LogP contribution is -2.25. The van der Waals surface area contributed by atoms with E-state index < -0.39 is 0 Å². The Balaban J connectivity index is 1.61. The summed E-state index contributed by atoms with van der Waals surface area (Å²) in [5, 5.41) is 8.21. The van der Waals surface area contributed by atoms with Crippen molar-refractivity contribution < 1.29 is 4.79 Å². The monoisotopic (exact) mass is 410 g/mol. The zero-order valence-corrected chi connectivity index (χ0v) is 15.7. The van der Waals surface area contributed by atoms with Gasteiger partial charge in [-0.05, 0) is 30.3 Å². The smallest absolute Gasteiger partial charge is 0.259 e. The van der Waals surface area contributed by atoms with Crippen molar-refractivity contribution in [2.45, 2.75) is 6.54 Å². The van der Waals surface area contributed by atoms with Crippen molar-refractivity contribution in [3.8, 4) is 0 Å². The number of nitrogens with zero attached hydrogens (tertiary/aromatic N) is 2. The van der Waals surface area contributed by atoms with E-state index in [-0.39, 0.29) is 12.5 Å². The molecule has 0 atom stereocenters. The van der Waals surface area contributed by atoms with Gasteiger partial charge in [-0.25, -0.2) is 5.43 Å². The standard InChI is InChI=1S/C20H19BrN4O/c1-2-11-25-14-15(18-5-3-4-6-19(18)25)12-23-24-20(26)13-22-17-9-7-16(21)8-10-17/h2-10,12,14,22H,1,11,13H2,(H,24,26)/b23-12-. The molecule has 0 radical (unpaired) electrons. The molecule has 0 unspecified atom stereocenters. The molecule has 26 heavy (non-hydrogen) atoms. The second kappa shape index (κ2) is 8.49. The number of hydrogen-bond donors (Lipinski definition) is 2. The summed E-state index contributed by atoms with van der Waals surface area (Å²) in [6.07, 6.45) is 5.52. The Labute approximate surface area is 160 Å². The molecule has 5 nitrogen and oxygen atoms in total. The lowest BCUT2D eigenvalue weighted by Gasteiger charge is -2.04. The maximum absolute atomic E-state index is 11.9. The van der Waals surface area contributed by atoms with Gasteiger partial charge < -0.3 is 9.88 Å². The topological polar surface area (TPSA) is 58.4 Å². The van der Waals surface area contributed by atoms with Crippen molar-refractivity contribution in [2.24, 2.45) is 5.10 Å². The minimum Gasteiger partial charge on any atom is -0.376 e. The van der Waals surface area contributed by atoms with Crippen molar-refractivity contribution in [3.05, 3.63) is 77.4 Å². The maximum atomic E-state index is 11.9. The van der Waals surface area contributed by atoms with Crippen LogP contribution in [0.25, 0.3) is 10.9 Å². The van der Waals surface area contributed by atoms with Crippen LogP contribution in [-0.2, 0) is 11.3 Å². The van der Waals surface area contributed by atoms with Crippen LogP contribution in [0, 0.1) is 0 Å². The lowest BCUT2D eigenvalue weighted by atomic mass is 10.2. The molecule has 0 aliphatic rings. The van der Waals surface area contributed by atoms with E-state index in [2.05, 4.69) is 49.0 Å². The molecule has 3 aromatic rings. The van der Waals surface area contributed by atoms with Gasteiger partial charge in [0.05, 0.1) is 12.8 Å². The SMILES string of the molecule is C=CCn1cc(/C=N\NC(=O)CNc2ccc(Br)cc2)c2ccccc21. The zero-order chi connectivity index (χ0) is 18.4. The highest BCUT2D eigenvalue weighted by molar-refractivity contribution is 9.10. The Morgan fingerprint density at radius 1 is 1.19 bits per heavy atom. The summed E-state index contributed by atoms with van der Waals surface area (Å²) in [7, 11) is 0. The Hall–Kier alpha value is -2.86. The van der Waals surface area contributed by atoms with Gasteiger partial charge in [0.2, 0.25) is 0 Å². The third-order valence-corrected chi connectivity index (χ3v) is 4.36. The molecule has 2 N–H and O–H groups in total. The van der Waals surface area contributed by atoms with Gasteiger partial charge in [0.15, 0.2) is 0 Å². The molecule has 1 amide bonds. The predicted octanol–water partition coefficient (Wildman–Crippen LogP) is 4.15. The summed E-state index contributed by atoms with van der Waals surface area (Å²) < 4.78 is 3.09. The van der Waals surface area contributed by atoms with Gasteiger partial charge in [-0.1, -0.05) is 40.2 Å². The molecule has 0 fully saturated rings. The first-order valence-corrected chi connectivity index (χ1v) is 8.97. The molecule has 2 aromatic carbocycles. The summed E-state index contributed by atoms with van der Waals surface area (Å²) in [5.74, 6) is -0.209. The van der Waals surface area contributed by atoms with E-state index in [1.54, 1.807) is 6.21 Å². The van der Waals surface area contributed by atoms with Crippen LogP contribution in [0.15, 0.2) is 77.0 Å². The number of fused-ring (bicyclic) bond motifs is 1. The number of para-hydroxylation sites is 1. The normalized spacial score (nSPS) is 11.0. The fourth-order valence-corrected chi connectivity index (χ4v) is 2.90. The van der Waals surface area contributed by atoms with E-state index in [0.717, 1.165) is 33.2 Å². The van der Waals surface area contributed by atoms with Crippen molar-refractivity contribution in [1.29, 1.82) is 0 Å². The second-order valence-electron chi connectivity index (χ2n) is 5.70. The van der Waals surface area contributed by atoms with Crippen LogP contribution in [0.4, 0.5) is 5.69 Å². The van der Waals surface area contributed by atoms with E-state index in [0.29, 0.717) is 0 Å². The van der Waals surface area contributed by atoms with Crippen molar-refractivity contribution in [2.75, 3.05) is 11.9 Å². The Morgan fingerprint density at radius 2 is 1.96 bits per heavy atom. The number of carbonyl (C=O) groups excluding carboxylic acids is 1. The van der Waals surface area contributed by atoms with E-state index in [9.17, 15) is 4.79 Å². The number of amides is 1. The highest BCUT2D eigenvalue weighted by Gasteiger charge is 2.05. The first-order chi connectivity index (χ1) is 12.7. The average Bonchev–Trinajstić information content (AvgIpc) is 3.00. The first-order valence-electron chi connectivity index (χ1n) is 8.17. The number of halogens is 1. The summed E-state index contributed by atoms with van der Waals surface area (Å²) in [4.78, 5) is 11.9. The number of carbonyl (C=O) groups is 1. The molecule has 0 saturated carbocycles. The number of allylic oxidation sites excluding steroid dienone is 1. The number of anilines is 1. The highest BCUT2D eigenvalue weighted by Crippen LogP contribution is 2.20. The van der Waals surface area contributed by atoms with Crippen molar-refractivity contribution >= 4 is 44.6 Å². The molecular weight excluding hydrogens is 392 g/mol. The van der Waals surface area contributed by atoms with E-state index in [1.807, 2.05) is 54.7 Å². The fraction of sp³-hybridized carbons (Fsp3) is 0.100. The van der Waals surface area contributed by atoms with E-state index in [1.165, 1.54) is 0 Å². The average molecular weight is 411 g/mol. The molecule has 1 heterocycles. The number of nitrogens with one attached hydrogen (secondary N) is 2. The summed E-state index contributed by atoms with van der Waals surface area (Å²) in [5.41, 5.74) is 5.48. The predicted molar refractivity (Wildman–Crippen MR) is 111 cm³/mol. The van der Waals surface area contributed by atoms with Crippen LogP contribution in [0.2, 0.25) is 0 Å². The number of benzene rings is 2. The maximum Gasteiger partial charge on any atom is 0.259 e. The molecule has 132 valence electrons. The van der Waals surface area contributed by atoms with Crippen LogP contribution in [0.3, 0.4) is 0 Å². The van der Waals surface area contributed by atoms with Gasteiger partial charge in [-0.3, -0.25) is 4.79 Å². The highest BCUT2D eigenvalue weighted by atomic mass is 79.9.